The maximum absolute atomic E-state index is 5.99. The van der Waals surface area contributed by atoms with Crippen LogP contribution in [-0.2, 0) is 12.4 Å². The molecule has 3 heteroatoms. The predicted molar refractivity (Wildman–Crippen MR) is 73.5 cm³/mol. The van der Waals surface area contributed by atoms with Gasteiger partial charge in [0.05, 0.1) is 16.9 Å². The lowest BCUT2D eigenvalue weighted by atomic mass is 10.1. The number of fused-ring (bicyclic) bond motifs is 1. The number of rotatable bonds is 4. The Morgan fingerprint density at radius 3 is 2.82 bits per heavy atom. The molecule has 0 saturated carbocycles. The summed E-state index contributed by atoms with van der Waals surface area (Å²) in [6.07, 6.45) is 1.17. The van der Waals surface area contributed by atoms with Crippen LogP contribution in [0.25, 0.3) is 11.0 Å². The standard InChI is InChI=1S/C14H19ClN2/c1-4-10(2)9-17-13-7-11(3)5-6-12(13)16-14(17)8-15/h5-7,10H,4,8-9H2,1-3H3. The number of imidazole rings is 1. The second-order valence-corrected chi connectivity index (χ2v) is 5.05. The number of hydrogen-bond donors (Lipinski definition) is 0. The van der Waals surface area contributed by atoms with Crippen LogP contribution in [0.1, 0.15) is 31.7 Å². The van der Waals surface area contributed by atoms with Crippen molar-refractivity contribution in [2.24, 2.45) is 5.92 Å². The van der Waals surface area contributed by atoms with Crippen molar-refractivity contribution in [1.82, 2.24) is 9.55 Å². The van der Waals surface area contributed by atoms with Crippen LogP contribution in [0.2, 0.25) is 0 Å². The van der Waals surface area contributed by atoms with Crippen molar-refractivity contribution in [3.05, 3.63) is 29.6 Å². The molecule has 2 nitrogen and oxygen atoms in total. The molecule has 0 N–H and O–H groups in total. The van der Waals surface area contributed by atoms with Crippen LogP contribution in [0.5, 0.6) is 0 Å². The summed E-state index contributed by atoms with van der Waals surface area (Å²) in [7, 11) is 0. The fraction of sp³-hybridized carbons (Fsp3) is 0.500. The molecule has 1 heterocycles. The Morgan fingerprint density at radius 2 is 2.18 bits per heavy atom. The van der Waals surface area contributed by atoms with E-state index in [1.54, 1.807) is 0 Å². The SMILES string of the molecule is CCC(C)Cn1c(CCl)nc2ccc(C)cc21. The number of nitrogens with zero attached hydrogens (tertiary/aromatic N) is 2. The molecule has 17 heavy (non-hydrogen) atoms. The fourth-order valence-electron chi connectivity index (χ4n) is 2.03. The summed E-state index contributed by atoms with van der Waals surface area (Å²) in [5.41, 5.74) is 3.53. The lowest BCUT2D eigenvalue weighted by Crippen LogP contribution is -2.09. The van der Waals surface area contributed by atoms with Crippen molar-refractivity contribution in [3.63, 3.8) is 0 Å². The zero-order valence-corrected chi connectivity index (χ0v) is 11.5. The maximum Gasteiger partial charge on any atom is 0.124 e. The Balaban J connectivity index is 2.52. The van der Waals surface area contributed by atoms with Gasteiger partial charge in [0.1, 0.15) is 5.82 Å². The quantitative estimate of drug-likeness (QED) is 0.746. The minimum Gasteiger partial charge on any atom is -0.327 e. The number of alkyl halides is 1. The Labute approximate surface area is 108 Å². The molecule has 1 aromatic heterocycles. The summed E-state index contributed by atoms with van der Waals surface area (Å²) in [5, 5.41) is 0. The van der Waals surface area contributed by atoms with Crippen molar-refractivity contribution in [3.8, 4) is 0 Å². The molecule has 0 aliphatic heterocycles. The van der Waals surface area contributed by atoms with Gasteiger partial charge >= 0.3 is 0 Å². The largest absolute Gasteiger partial charge is 0.327 e. The Morgan fingerprint density at radius 1 is 1.41 bits per heavy atom. The van der Waals surface area contributed by atoms with E-state index in [0.717, 1.165) is 17.9 Å². The molecule has 0 saturated heterocycles. The molecule has 0 aliphatic carbocycles. The first-order valence-electron chi connectivity index (χ1n) is 6.17. The number of aryl methyl sites for hydroxylation is 1. The third-order valence-electron chi connectivity index (χ3n) is 3.29. The van der Waals surface area contributed by atoms with E-state index in [1.807, 2.05) is 0 Å². The van der Waals surface area contributed by atoms with Crippen LogP contribution in [0.15, 0.2) is 18.2 Å². The lowest BCUT2D eigenvalue weighted by Gasteiger charge is -2.12. The number of benzene rings is 1. The highest BCUT2D eigenvalue weighted by Gasteiger charge is 2.11. The molecular formula is C14H19ClN2. The van der Waals surface area contributed by atoms with E-state index < -0.39 is 0 Å². The van der Waals surface area contributed by atoms with E-state index in [2.05, 4.69) is 48.5 Å². The van der Waals surface area contributed by atoms with Crippen LogP contribution < -0.4 is 0 Å². The molecule has 1 unspecified atom stereocenters. The molecule has 92 valence electrons. The highest BCUT2D eigenvalue weighted by atomic mass is 35.5. The Hall–Kier alpha value is -1.02. The Bertz CT molecular complexity index is 516. The molecule has 1 aromatic carbocycles. The van der Waals surface area contributed by atoms with Crippen LogP contribution in [0.4, 0.5) is 0 Å². The van der Waals surface area contributed by atoms with Crippen molar-refractivity contribution in [2.75, 3.05) is 0 Å². The van der Waals surface area contributed by atoms with E-state index in [-0.39, 0.29) is 0 Å². The number of halogens is 1. The van der Waals surface area contributed by atoms with Gasteiger partial charge in [0.25, 0.3) is 0 Å². The van der Waals surface area contributed by atoms with E-state index in [0.29, 0.717) is 11.8 Å². The summed E-state index contributed by atoms with van der Waals surface area (Å²) in [6.45, 7) is 7.59. The summed E-state index contributed by atoms with van der Waals surface area (Å²) >= 11 is 5.99. The predicted octanol–water partition coefficient (Wildman–Crippen LogP) is 4.13. The highest BCUT2D eigenvalue weighted by molar-refractivity contribution is 6.16. The normalized spacial score (nSPS) is 13.2. The van der Waals surface area contributed by atoms with Crippen molar-refractivity contribution in [1.29, 1.82) is 0 Å². The van der Waals surface area contributed by atoms with E-state index in [1.165, 1.54) is 17.5 Å². The van der Waals surface area contributed by atoms with Crippen molar-refractivity contribution in [2.45, 2.75) is 39.6 Å². The van der Waals surface area contributed by atoms with Gasteiger partial charge in [0.15, 0.2) is 0 Å². The Kier molecular flexibility index (Phi) is 3.72. The molecule has 0 fully saturated rings. The fourth-order valence-corrected chi connectivity index (χ4v) is 2.23. The number of hydrogen-bond acceptors (Lipinski definition) is 1. The number of aromatic nitrogens is 2. The van der Waals surface area contributed by atoms with Gasteiger partial charge in [0, 0.05) is 6.54 Å². The third-order valence-corrected chi connectivity index (χ3v) is 3.53. The topological polar surface area (TPSA) is 17.8 Å². The second kappa shape index (κ2) is 5.09. The average molecular weight is 251 g/mol. The molecule has 0 radical (unpaired) electrons. The zero-order valence-electron chi connectivity index (χ0n) is 10.7. The highest BCUT2D eigenvalue weighted by Crippen LogP contribution is 2.21. The maximum atomic E-state index is 5.99. The molecule has 0 aliphatic rings. The smallest absolute Gasteiger partial charge is 0.124 e. The molecule has 0 bridgehead atoms. The van der Waals surface area contributed by atoms with E-state index in [4.69, 9.17) is 11.6 Å². The van der Waals surface area contributed by atoms with E-state index >= 15 is 0 Å². The summed E-state index contributed by atoms with van der Waals surface area (Å²) < 4.78 is 2.27. The zero-order chi connectivity index (χ0) is 12.4. The van der Waals surface area contributed by atoms with Gasteiger partial charge in [-0.2, -0.15) is 0 Å². The van der Waals surface area contributed by atoms with Crippen molar-refractivity contribution >= 4 is 22.6 Å². The van der Waals surface area contributed by atoms with Gasteiger partial charge in [-0.15, -0.1) is 11.6 Å². The molecule has 2 rings (SSSR count). The molecule has 0 amide bonds. The van der Waals surface area contributed by atoms with Crippen LogP contribution in [-0.4, -0.2) is 9.55 Å². The van der Waals surface area contributed by atoms with Crippen LogP contribution in [0.3, 0.4) is 0 Å². The van der Waals surface area contributed by atoms with Gasteiger partial charge in [-0.05, 0) is 30.5 Å². The summed E-state index contributed by atoms with van der Waals surface area (Å²) in [5.74, 6) is 2.10. The molecule has 1 atom stereocenters. The summed E-state index contributed by atoms with van der Waals surface area (Å²) in [6, 6.07) is 6.37. The average Bonchev–Trinajstić information content (AvgIpc) is 2.67. The minimum atomic E-state index is 0.476. The molecule has 0 spiro atoms. The van der Waals surface area contributed by atoms with Crippen molar-refractivity contribution < 1.29 is 0 Å². The van der Waals surface area contributed by atoms with Crippen LogP contribution in [0, 0.1) is 12.8 Å². The molecular weight excluding hydrogens is 232 g/mol. The van der Waals surface area contributed by atoms with Crippen LogP contribution >= 0.6 is 11.6 Å². The van der Waals surface area contributed by atoms with E-state index in [9.17, 15) is 0 Å². The third kappa shape index (κ3) is 2.47. The first kappa shape index (κ1) is 12.4. The van der Waals surface area contributed by atoms with Gasteiger partial charge in [0.2, 0.25) is 0 Å². The summed E-state index contributed by atoms with van der Waals surface area (Å²) in [4.78, 5) is 4.59. The second-order valence-electron chi connectivity index (χ2n) is 4.78. The van der Waals surface area contributed by atoms with Gasteiger partial charge in [-0.1, -0.05) is 26.3 Å². The van der Waals surface area contributed by atoms with Gasteiger partial charge in [-0.3, -0.25) is 0 Å². The lowest BCUT2D eigenvalue weighted by molar-refractivity contribution is 0.469. The first-order chi connectivity index (χ1) is 8.15. The first-order valence-corrected chi connectivity index (χ1v) is 6.70. The monoisotopic (exact) mass is 250 g/mol. The van der Waals surface area contributed by atoms with Gasteiger partial charge < -0.3 is 4.57 Å². The van der Waals surface area contributed by atoms with Gasteiger partial charge in [-0.25, -0.2) is 4.98 Å². The molecule has 2 aromatic rings. The minimum absolute atomic E-state index is 0.476.